The van der Waals surface area contributed by atoms with Gasteiger partial charge in [0.2, 0.25) is 0 Å². The number of hydrogen-bond donors (Lipinski definition) is 1. The molecule has 0 aliphatic carbocycles. The van der Waals surface area contributed by atoms with Gasteiger partial charge in [0.05, 0.1) is 18.0 Å². The molecule has 0 saturated carbocycles. The largest absolute Gasteiger partial charge is 0.392 e. The lowest BCUT2D eigenvalue weighted by Crippen LogP contribution is -2.00. The number of para-hydroxylation sites is 1. The van der Waals surface area contributed by atoms with Gasteiger partial charge < -0.3 is 9.84 Å². The van der Waals surface area contributed by atoms with Crippen LogP contribution in [0.5, 0.6) is 12.0 Å². The molecule has 0 spiro atoms. The first-order valence-electron chi connectivity index (χ1n) is 6.34. The van der Waals surface area contributed by atoms with Crippen LogP contribution in [0.1, 0.15) is 11.3 Å². The Morgan fingerprint density at radius 3 is 2.67 bits per heavy atom. The summed E-state index contributed by atoms with van der Waals surface area (Å²) in [4.78, 5) is 12.2. The summed E-state index contributed by atoms with van der Waals surface area (Å²) in [6.45, 7) is 1.67. The first-order valence-corrected chi connectivity index (χ1v) is 6.34. The van der Waals surface area contributed by atoms with Gasteiger partial charge in [0.15, 0.2) is 0 Å². The molecule has 106 valence electrons. The molecule has 0 aliphatic rings. The van der Waals surface area contributed by atoms with E-state index in [0.29, 0.717) is 11.3 Å². The quantitative estimate of drug-likeness (QED) is 0.783. The van der Waals surface area contributed by atoms with E-state index in [-0.39, 0.29) is 18.6 Å². The number of ether oxygens (including phenoxy) is 1. The van der Waals surface area contributed by atoms with E-state index in [1.165, 1.54) is 6.20 Å². The number of aliphatic hydroxyl groups excluding tert-OH is 1. The predicted octanol–water partition coefficient (Wildman–Crippen LogP) is 1.65. The molecule has 0 radical (unpaired) electrons. The van der Waals surface area contributed by atoms with Crippen LogP contribution < -0.4 is 4.74 Å². The monoisotopic (exact) mass is 283 g/mol. The van der Waals surface area contributed by atoms with Crippen molar-refractivity contribution in [3.8, 4) is 17.7 Å². The molecule has 0 amide bonds. The van der Waals surface area contributed by atoms with Gasteiger partial charge in [-0.25, -0.2) is 9.67 Å². The first-order chi connectivity index (χ1) is 10.3. The summed E-state index contributed by atoms with van der Waals surface area (Å²) < 4.78 is 7.02. The van der Waals surface area contributed by atoms with Gasteiger partial charge >= 0.3 is 12.0 Å². The second kappa shape index (κ2) is 5.68. The lowest BCUT2D eigenvalue weighted by Gasteiger charge is -2.03. The molecule has 0 atom stereocenters. The molecule has 0 unspecified atom stereocenters. The van der Waals surface area contributed by atoms with Crippen molar-refractivity contribution in [3.05, 3.63) is 54.1 Å². The third kappa shape index (κ3) is 2.87. The highest BCUT2D eigenvalue weighted by molar-refractivity contribution is 5.29. The van der Waals surface area contributed by atoms with Crippen LogP contribution in [0.3, 0.4) is 0 Å². The van der Waals surface area contributed by atoms with Gasteiger partial charge in [0.1, 0.15) is 6.33 Å². The van der Waals surface area contributed by atoms with Crippen LogP contribution in [0.2, 0.25) is 0 Å². The van der Waals surface area contributed by atoms with Crippen LogP contribution in [-0.4, -0.2) is 29.8 Å². The van der Waals surface area contributed by atoms with Crippen molar-refractivity contribution in [1.82, 2.24) is 24.7 Å². The van der Waals surface area contributed by atoms with E-state index < -0.39 is 0 Å². The summed E-state index contributed by atoms with van der Waals surface area (Å²) in [5.74, 6) is 0. The summed E-state index contributed by atoms with van der Waals surface area (Å²) in [7, 11) is 0. The molecule has 0 bridgehead atoms. The zero-order chi connectivity index (χ0) is 14.7. The summed E-state index contributed by atoms with van der Waals surface area (Å²) >= 11 is 0. The highest BCUT2D eigenvalue weighted by atomic mass is 16.5. The van der Waals surface area contributed by atoms with Crippen LogP contribution in [0.4, 0.5) is 0 Å². The number of hydrogen-bond acceptors (Lipinski definition) is 6. The topological polar surface area (TPSA) is 86.0 Å². The third-order valence-corrected chi connectivity index (χ3v) is 2.90. The number of benzene rings is 1. The number of aryl methyl sites for hydroxylation is 1. The van der Waals surface area contributed by atoms with Gasteiger partial charge in [-0.15, -0.1) is 5.10 Å². The second-order valence-corrected chi connectivity index (χ2v) is 4.33. The maximum absolute atomic E-state index is 9.08. The summed E-state index contributed by atoms with van der Waals surface area (Å²) in [5.41, 5.74) is 2.20. The fourth-order valence-electron chi connectivity index (χ4n) is 1.76. The molecule has 1 aromatic carbocycles. The van der Waals surface area contributed by atoms with E-state index >= 15 is 0 Å². The Morgan fingerprint density at radius 2 is 1.95 bits per heavy atom. The SMILES string of the molecule is Cc1nc(Oc2ncn(-c3ccccc3)n2)ncc1CO. The van der Waals surface area contributed by atoms with Crippen LogP contribution >= 0.6 is 0 Å². The molecule has 2 heterocycles. The van der Waals surface area contributed by atoms with Crippen molar-refractivity contribution in [1.29, 1.82) is 0 Å². The lowest BCUT2D eigenvalue weighted by molar-refractivity contribution is 0.279. The normalized spacial score (nSPS) is 10.6. The van der Waals surface area contributed by atoms with Gasteiger partial charge in [0, 0.05) is 11.8 Å². The van der Waals surface area contributed by atoms with Gasteiger partial charge in [-0.3, -0.25) is 0 Å². The molecule has 0 fully saturated rings. The smallest absolute Gasteiger partial charge is 0.343 e. The van der Waals surface area contributed by atoms with Crippen LogP contribution in [0, 0.1) is 6.92 Å². The molecule has 21 heavy (non-hydrogen) atoms. The minimum Gasteiger partial charge on any atom is -0.392 e. The Kier molecular flexibility index (Phi) is 3.57. The van der Waals surface area contributed by atoms with Crippen LogP contribution in [0.15, 0.2) is 42.9 Å². The summed E-state index contributed by atoms with van der Waals surface area (Å²) in [5, 5.41) is 13.3. The predicted molar refractivity (Wildman–Crippen MR) is 74.1 cm³/mol. The van der Waals surface area contributed by atoms with E-state index in [9.17, 15) is 0 Å². The average molecular weight is 283 g/mol. The molecular weight excluding hydrogens is 270 g/mol. The maximum Gasteiger partial charge on any atom is 0.343 e. The fraction of sp³-hybridized carbons (Fsp3) is 0.143. The Bertz CT molecular complexity index is 742. The Morgan fingerprint density at radius 1 is 1.14 bits per heavy atom. The standard InChI is InChI=1S/C14H13N5O2/c1-10-11(8-20)7-15-13(17-10)21-14-16-9-19(18-14)12-5-3-2-4-6-12/h2-7,9,20H,8H2,1H3. The van der Waals surface area contributed by atoms with Gasteiger partial charge in [-0.05, 0) is 19.1 Å². The molecule has 2 aromatic heterocycles. The van der Waals surface area contributed by atoms with Crippen molar-refractivity contribution in [2.24, 2.45) is 0 Å². The molecule has 3 aromatic rings. The first kappa shape index (κ1) is 13.2. The van der Waals surface area contributed by atoms with E-state index in [4.69, 9.17) is 9.84 Å². The second-order valence-electron chi connectivity index (χ2n) is 4.33. The maximum atomic E-state index is 9.08. The van der Waals surface area contributed by atoms with E-state index in [2.05, 4.69) is 20.1 Å². The average Bonchev–Trinajstić information content (AvgIpc) is 2.97. The minimum atomic E-state index is -0.104. The Balaban J connectivity index is 1.80. The fourth-order valence-corrected chi connectivity index (χ4v) is 1.76. The number of aliphatic hydroxyl groups is 1. The van der Waals surface area contributed by atoms with Crippen LogP contribution in [-0.2, 0) is 6.61 Å². The van der Waals surface area contributed by atoms with Gasteiger partial charge in [-0.2, -0.15) is 9.97 Å². The molecule has 3 rings (SSSR count). The molecular formula is C14H13N5O2. The van der Waals surface area contributed by atoms with Crippen molar-refractivity contribution in [2.75, 3.05) is 0 Å². The van der Waals surface area contributed by atoms with Gasteiger partial charge in [0.25, 0.3) is 0 Å². The highest BCUT2D eigenvalue weighted by Gasteiger charge is 2.08. The third-order valence-electron chi connectivity index (χ3n) is 2.90. The van der Waals surface area contributed by atoms with E-state index in [1.807, 2.05) is 30.3 Å². The lowest BCUT2D eigenvalue weighted by atomic mass is 10.3. The van der Waals surface area contributed by atoms with Crippen molar-refractivity contribution < 1.29 is 9.84 Å². The van der Waals surface area contributed by atoms with Gasteiger partial charge in [-0.1, -0.05) is 18.2 Å². The molecule has 7 heteroatoms. The Labute approximate surface area is 120 Å². The van der Waals surface area contributed by atoms with Crippen molar-refractivity contribution in [3.63, 3.8) is 0 Å². The van der Waals surface area contributed by atoms with Crippen molar-refractivity contribution >= 4 is 0 Å². The molecule has 0 saturated heterocycles. The highest BCUT2D eigenvalue weighted by Crippen LogP contribution is 2.15. The number of aromatic nitrogens is 5. The van der Waals surface area contributed by atoms with E-state index in [1.54, 1.807) is 17.9 Å². The minimum absolute atomic E-state index is 0.104. The number of rotatable bonds is 4. The zero-order valence-corrected chi connectivity index (χ0v) is 11.3. The Hall–Kier alpha value is -2.80. The van der Waals surface area contributed by atoms with Crippen LogP contribution in [0.25, 0.3) is 5.69 Å². The number of nitrogens with zero attached hydrogens (tertiary/aromatic N) is 5. The van der Waals surface area contributed by atoms with Crippen molar-refractivity contribution in [2.45, 2.75) is 13.5 Å². The molecule has 7 nitrogen and oxygen atoms in total. The molecule has 1 N–H and O–H groups in total. The summed E-state index contributed by atoms with van der Waals surface area (Å²) in [6, 6.07) is 9.89. The zero-order valence-electron chi connectivity index (χ0n) is 11.3. The van der Waals surface area contributed by atoms with E-state index in [0.717, 1.165) is 5.69 Å². The molecule has 0 aliphatic heterocycles. The summed E-state index contributed by atoms with van der Waals surface area (Å²) in [6.07, 6.45) is 3.07.